The van der Waals surface area contributed by atoms with Crippen LogP contribution >= 0.6 is 12.1 Å². The summed E-state index contributed by atoms with van der Waals surface area (Å²) < 4.78 is 0. The molecule has 0 bridgehead atoms. The summed E-state index contributed by atoms with van der Waals surface area (Å²) >= 11 is 4.16. The highest BCUT2D eigenvalue weighted by atomic mass is 32.3. The molecule has 26 valence electrons. The number of thiol groups is 1. The van der Waals surface area contributed by atoms with Gasteiger partial charge in [0.25, 0.3) is 0 Å². The molecule has 0 radical (unpaired) electrons. The van der Waals surface area contributed by atoms with E-state index in [1.165, 1.54) is 9.76 Å². The molecule has 0 rings (SSSR count). The van der Waals surface area contributed by atoms with Crippen LogP contribution in [-0.4, -0.2) is 26.5 Å². The molecule has 0 N–H and O–H groups in total. The van der Waals surface area contributed by atoms with Gasteiger partial charge in [0.2, 0.25) is 0 Å². The van der Waals surface area contributed by atoms with Crippen LogP contribution in [0.25, 0.3) is 0 Å². The quantitative estimate of drug-likeness (QED) is 0.287. The van der Waals surface area contributed by atoms with Crippen molar-refractivity contribution in [3.05, 3.63) is 0 Å². The summed E-state index contributed by atoms with van der Waals surface area (Å²) in [5.74, 6) is 0. The van der Waals surface area contributed by atoms with Crippen molar-refractivity contribution in [1.29, 1.82) is 0 Å². The van der Waals surface area contributed by atoms with Gasteiger partial charge < -0.3 is 0 Å². The van der Waals surface area contributed by atoms with Gasteiger partial charge in [0.05, 0.1) is 8.19 Å². The summed E-state index contributed by atoms with van der Waals surface area (Å²) in [5, 5.41) is 0. The number of hydrogen-bond donors (Lipinski definition) is 1. The van der Waals surface area contributed by atoms with E-state index in [2.05, 4.69) is 12.1 Å². The first kappa shape index (κ1) is 5.00. The van der Waals surface area contributed by atoms with Crippen LogP contribution < -0.4 is 0 Å². The van der Waals surface area contributed by atoms with Gasteiger partial charge in [-0.15, -0.1) is 0 Å². The summed E-state index contributed by atoms with van der Waals surface area (Å²) in [6.07, 6.45) is 0. The maximum atomic E-state index is 4.16. The first-order valence-electron chi connectivity index (χ1n) is 1.52. The van der Waals surface area contributed by atoms with Gasteiger partial charge in [0.1, 0.15) is 0 Å². The summed E-state index contributed by atoms with van der Waals surface area (Å²) in [4.78, 5) is 0. The number of rotatable bonds is 1. The first-order valence-corrected chi connectivity index (χ1v) is 13.7. The van der Waals surface area contributed by atoms with Crippen molar-refractivity contribution in [2.24, 2.45) is 0 Å². The molecule has 0 unspecified atom stereocenters. The third-order valence-corrected chi connectivity index (χ3v) is 18.1. The Bertz CT molecular complexity index is 5.25. The molecule has 0 saturated carbocycles. The van der Waals surface area contributed by atoms with E-state index in [-0.39, 0.29) is 0 Å². The SMILES string of the molecule is [SiH3][SiH2][SiH2]S. The topological polar surface area (TPSA) is 0 Å². The second-order valence-electron chi connectivity index (χ2n) is 0.724. The maximum absolute atomic E-state index is 4.16. The van der Waals surface area contributed by atoms with Gasteiger partial charge in [-0.25, -0.2) is 12.1 Å². The second-order valence-corrected chi connectivity index (χ2v) is 19.5. The molecule has 0 heterocycles. The lowest BCUT2D eigenvalue weighted by molar-refractivity contribution is 4.25. The summed E-state index contributed by atoms with van der Waals surface area (Å²) in [6, 6.07) is 0. The van der Waals surface area contributed by atoms with Crippen LogP contribution in [0.3, 0.4) is 0 Å². The van der Waals surface area contributed by atoms with Crippen molar-refractivity contribution in [1.82, 2.24) is 0 Å². The van der Waals surface area contributed by atoms with Crippen molar-refractivity contribution >= 4 is 38.6 Å². The maximum Gasteiger partial charge on any atom is 0.0641 e. The van der Waals surface area contributed by atoms with Gasteiger partial charge in [0, 0.05) is 8.55 Å². The van der Waals surface area contributed by atoms with E-state index in [9.17, 15) is 0 Å². The van der Waals surface area contributed by atoms with Crippen molar-refractivity contribution < 1.29 is 0 Å². The predicted molar refractivity (Wildman–Crippen MR) is 36.0 cm³/mol. The third-order valence-electron chi connectivity index (χ3n) is 0.224. The lowest BCUT2D eigenvalue weighted by Gasteiger charge is -1.63. The fourth-order valence-electron chi connectivity index (χ4n) is 0. The zero-order valence-electron chi connectivity index (χ0n) is 2.86. The molecule has 4 heavy (non-hydrogen) atoms. The molecule has 0 aliphatic carbocycles. The number of hydrogen-bond acceptors (Lipinski definition) is 1. The first-order chi connectivity index (χ1) is 1.91. The van der Waals surface area contributed by atoms with Crippen LogP contribution in [-0.2, 0) is 0 Å². The Balaban J connectivity index is 1.97. The van der Waals surface area contributed by atoms with Crippen LogP contribution in [0.5, 0.6) is 0 Å². The second kappa shape index (κ2) is 4.00. The Morgan fingerprint density at radius 1 is 1.75 bits per heavy atom. The molecule has 0 saturated heterocycles. The van der Waals surface area contributed by atoms with Gasteiger partial charge in [0.15, 0.2) is 0 Å². The van der Waals surface area contributed by atoms with E-state index in [0.29, 0.717) is 16.7 Å². The zero-order chi connectivity index (χ0) is 3.41. The van der Waals surface area contributed by atoms with Gasteiger partial charge in [-0.2, -0.15) is 0 Å². The van der Waals surface area contributed by atoms with Crippen molar-refractivity contribution in [3.63, 3.8) is 0 Å². The predicted octanol–water partition coefficient (Wildman–Crippen LogP) is -2.64. The molecule has 0 amide bonds. The normalized spacial score (nSPS) is 14.2. The summed E-state index contributed by atoms with van der Waals surface area (Å²) in [6.45, 7) is 0. The van der Waals surface area contributed by atoms with Crippen molar-refractivity contribution in [2.45, 2.75) is 0 Å². The van der Waals surface area contributed by atoms with Crippen LogP contribution in [0.1, 0.15) is 0 Å². The minimum Gasteiger partial charge on any atom is -0.214 e. The molecule has 0 aromatic heterocycles. The monoisotopic (exact) mass is 124 g/mol. The largest absolute Gasteiger partial charge is 0.214 e. The third kappa shape index (κ3) is 3.00. The van der Waals surface area contributed by atoms with Gasteiger partial charge in [-0.05, 0) is 9.76 Å². The lowest BCUT2D eigenvalue weighted by atomic mass is 26.6. The Kier molecular flexibility index (Phi) is 5.00. The fraction of sp³-hybridized carbons (Fsp3) is 0. The van der Waals surface area contributed by atoms with E-state index in [1.807, 2.05) is 0 Å². The highest BCUT2D eigenvalue weighted by Crippen LogP contribution is 1.51. The Morgan fingerprint density at radius 3 is 2.00 bits per heavy atom. The standard InChI is InChI=1S/H8SSi3/c1-3-4-2/h1H,3-4H2,2H3. The molecule has 0 aliphatic rings. The molecule has 0 nitrogen and oxygen atoms in total. The molecule has 0 aromatic rings. The molecular formula is H8SSi3. The Labute approximate surface area is 39.1 Å². The summed E-state index contributed by atoms with van der Waals surface area (Å²) in [7, 11) is 2.40. The lowest BCUT2D eigenvalue weighted by Crippen LogP contribution is -1.91. The summed E-state index contributed by atoms with van der Waals surface area (Å²) in [5.41, 5.74) is 0. The van der Waals surface area contributed by atoms with Crippen LogP contribution in [0.4, 0.5) is 0 Å². The molecule has 0 spiro atoms. The molecular weight excluding hydrogens is 116 g/mol. The highest BCUT2D eigenvalue weighted by Gasteiger charge is 1.62. The van der Waals surface area contributed by atoms with E-state index >= 15 is 0 Å². The molecule has 4 heteroatoms. The van der Waals surface area contributed by atoms with E-state index in [0.717, 1.165) is 0 Å². The van der Waals surface area contributed by atoms with E-state index in [4.69, 9.17) is 0 Å². The van der Waals surface area contributed by atoms with Crippen LogP contribution in [0, 0.1) is 0 Å². The van der Waals surface area contributed by atoms with Crippen LogP contribution in [0.2, 0.25) is 0 Å². The van der Waals surface area contributed by atoms with Crippen molar-refractivity contribution in [3.8, 4) is 0 Å². The molecule has 0 aliphatic heterocycles. The average molecular weight is 124 g/mol. The molecule has 0 aromatic carbocycles. The van der Waals surface area contributed by atoms with E-state index in [1.54, 1.807) is 0 Å². The van der Waals surface area contributed by atoms with Crippen molar-refractivity contribution in [2.75, 3.05) is 0 Å². The Morgan fingerprint density at radius 2 is 2.00 bits per heavy atom. The minimum absolute atomic E-state index is 0.319. The van der Waals surface area contributed by atoms with E-state index < -0.39 is 0 Å². The van der Waals surface area contributed by atoms with Gasteiger partial charge >= 0.3 is 0 Å². The van der Waals surface area contributed by atoms with Gasteiger partial charge in [-0.1, -0.05) is 0 Å². The Hall–Kier alpha value is 1.00. The zero-order valence-corrected chi connectivity index (χ0v) is 8.58. The smallest absolute Gasteiger partial charge is 0.0641 e. The molecule has 0 fully saturated rings. The van der Waals surface area contributed by atoms with Crippen LogP contribution in [0.15, 0.2) is 0 Å². The minimum atomic E-state index is 0.319. The fourth-order valence-corrected chi connectivity index (χ4v) is 0. The van der Waals surface area contributed by atoms with Gasteiger partial charge in [-0.3, -0.25) is 0 Å². The highest BCUT2D eigenvalue weighted by molar-refractivity contribution is 8.13. The molecule has 0 atom stereocenters. The average Bonchev–Trinajstić information content (AvgIpc) is 1.37.